The van der Waals surface area contributed by atoms with E-state index in [9.17, 15) is 48.0 Å². The van der Waals surface area contributed by atoms with Gasteiger partial charge in [-0.1, -0.05) is 24.8 Å². The van der Waals surface area contributed by atoms with Crippen LogP contribution >= 0.6 is 0 Å². The maximum absolute atomic E-state index is 14.1. The van der Waals surface area contributed by atoms with E-state index < -0.39 is 68.7 Å². The second kappa shape index (κ2) is 8.31. The highest BCUT2D eigenvalue weighted by Crippen LogP contribution is 2.51. The van der Waals surface area contributed by atoms with Gasteiger partial charge in [-0.2, -0.15) is 39.1 Å². The first-order valence-corrected chi connectivity index (χ1v) is 11.4. The number of hydrogen-bond donors (Lipinski definition) is 1. The second-order valence-corrected chi connectivity index (χ2v) is 10.0. The van der Waals surface area contributed by atoms with E-state index in [1.54, 1.807) is 12.1 Å². The standard InChI is InChI=1S/C16H16F6N2O6S2/c1-2-11-3-5-12(6-4-11)13(25)23-7-9-24(10-8-23)31(26,27)15(19,20)14(17,18)16(21,22)32(28,29)30/h2-6H,1,7-10H2,(H,28,29,30). The van der Waals surface area contributed by atoms with Gasteiger partial charge < -0.3 is 4.90 Å². The molecular weight excluding hydrogens is 494 g/mol. The van der Waals surface area contributed by atoms with Gasteiger partial charge >= 0.3 is 26.5 Å². The van der Waals surface area contributed by atoms with Crippen molar-refractivity contribution in [1.82, 2.24) is 9.21 Å². The van der Waals surface area contributed by atoms with Crippen LogP contribution in [0.5, 0.6) is 0 Å². The first-order valence-electron chi connectivity index (χ1n) is 8.53. The molecule has 1 aliphatic rings. The van der Waals surface area contributed by atoms with Gasteiger partial charge in [-0.25, -0.2) is 8.42 Å². The number of benzene rings is 1. The number of halogens is 6. The van der Waals surface area contributed by atoms with Crippen LogP contribution in [0.25, 0.3) is 6.08 Å². The number of sulfonamides is 1. The Morgan fingerprint density at radius 1 is 0.906 bits per heavy atom. The van der Waals surface area contributed by atoms with E-state index in [4.69, 9.17) is 4.55 Å². The zero-order chi connectivity index (χ0) is 24.8. The van der Waals surface area contributed by atoms with Gasteiger partial charge in [0.1, 0.15) is 0 Å². The Labute approximate surface area is 178 Å². The molecule has 0 saturated carbocycles. The van der Waals surface area contributed by atoms with Crippen molar-refractivity contribution in [3.8, 4) is 0 Å². The van der Waals surface area contributed by atoms with Crippen LogP contribution in [0.4, 0.5) is 26.3 Å². The van der Waals surface area contributed by atoms with E-state index >= 15 is 0 Å². The molecule has 32 heavy (non-hydrogen) atoms. The number of amides is 1. The molecule has 1 saturated heterocycles. The monoisotopic (exact) mass is 510 g/mol. The summed E-state index contributed by atoms with van der Waals surface area (Å²) in [5.41, 5.74) is 0.832. The summed E-state index contributed by atoms with van der Waals surface area (Å²) in [6, 6.07) is 5.90. The zero-order valence-electron chi connectivity index (χ0n) is 15.9. The van der Waals surface area contributed by atoms with Crippen LogP contribution in [0.2, 0.25) is 0 Å². The lowest BCUT2D eigenvalue weighted by Gasteiger charge is -2.38. The van der Waals surface area contributed by atoms with Crippen molar-refractivity contribution < 1.29 is 52.5 Å². The van der Waals surface area contributed by atoms with Crippen LogP contribution in [0.3, 0.4) is 0 Å². The van der Waals surface area contributed by atoms with Crippen molar-refractivity contribution in [2.45, 2.75) is 16.4 Å². The number of alkyl halides is 6. The SMILES string of the molecule is C=Cc1ccc(C(=O)N2CCN(S(=O)(=O)C(F)(F)C(F)(F)C(F)(F)S(=O)(=O)O)CC2)cc1. The Bertz CT molecular complexity index is 1100. The molecule has 1 aromatic carbocycles. The summed E-state index contributed by atoms with van der Waals surface area (Å²) in [5, 5.41) is -13.4. The molecule has 0 spiro atoms. The number of carbonyl (C=O) groups excluding carboxylic acids is 1. The zero-order valence-corrected chi connectivity index (χ0v) is 17.5. The Morgan fingerprint density at radius 2 is 1.38 bits per heavy atom. The number of rotatable bonds is 7. The van der Waals surface area contributed by atoms with Crippen molar-refractivity contribution in [3.05, 3.63) is 42.0 Å². The lowest BCUT2D eigenvalue weighted by atomic mass is 10.1. The fraction of sp³-hybridized carbons (Fsp3) is 0.438. The molecule has 2 rings (SSSR count). The molecule has 1 fully saturated rings. The van der Waals surface area contributed by atoms with Gasteiger partial charge in [-0.15, -0.1) is 0 Å². The normalized spacial score (nSPS) is 17.3. The van der Waals surface area contributed by atoms with Crippen molar-refractivity contribution in [3.63, 3.8) is 0 Å². The molecule has 0 unspecified atom stereocenters. The molecule has 16 heteroatoms. The Kier molecular flexibility index (Phi) is 6.78. The molecule has 0 aromatic heterocycles. The van der Waals surface area contributed by atoms with Crippen molar-refractivity contribution in [2.75, 3.05) is 26.2 Å². The van der Waals surface area contributed by atoms with Gasteiger partial charge in [0.05, 0.1) is 0 Å². The summed E-state index contributed by atoms with van der Waals surface area (Å²) in [4.78, 5) is 13.4. The van der Waals surface area contributed by atoms with Gasteiger partial charge in [0.25, 0.3) is 15.9 Å². The maximum Gasteiger partial charge on any atom is 0.439 e. The summed E-state index contributed by atoms with van der Waals surface area (Å²) in [5.74, 6) is -7.64. The Balaban J connectivity index is 2.22. The average molecular weight is 510 g/mol. The highest BCUT2D eigenvalue weighted by Gasteiger charge is 2.82. The number of nitrogens with zero attached hydrogens (tertiary/aromatic N) is 2. The summed E-state index contributed by atoms with van der Waals surface area (Å²) in [7, 11) is -13.6. The van der Waals surface area contributed by atoms with Gasteiger partial charge in [-0.05, 0) is 17.7 Å². The van der Waals surface area contributed by atoms with Crippen LogP contribution < -0.4 is 0 Å². The Hall–Kier alpha value is -2.17. The third-order valence-corrected chi connectivity index (χ3v) is 7.49. The lowest BCUT2D eigenvalue weighted by Crippen LogP contribution is -2.64. The predicted molar refractivity (Wildman–Crippen MR) is 99.3 cm³/mol. The van der Waals surface area contributed by atoms with Crippen LogP contribution in [0, 0.1) is 0 Å². The third-order valence-electron chi connectivity index (χ3n) is 4.64. The first kappa shape index (κ1) is 26.1. The minimum absolute atomic E-state index is 0.150. The van der Waals surface area contributed by atoms with Gasteiger partial charge in [0.2, 0.25) is 0 Å². The topological polar surface area (TPSA) is 112 Å². The van der Waals surface area contributed by atoms with Gasteiger partial charge in [0.15, 0.2) is 0 Å². The highest BCUT2D eigenvalue weighted by molar-refractivity contribution is 7.90. The average Bonchev–Trinajstić information content (AvgIpc) is 2.72. The van der Waals surface area contributed by atoms with E-state index in [0.29, 0.717) is 5.56 Å². The fourth-order valence-electron chi connectivity index (χ4n) is 2.73. The number of piperazine rings is 1. The van der Waals surface area contributed by atoms with Gasteiger partial charge in [-0.3, -0.25) is 9.35 Å². The second-order valence-electron chi connectivity index (χ2n) is 6.61. The van der Waals surface area contributed by atoms with E-state index in [0.717, 1.165) is 4.90 Å². The predicted octanol–water partition coefficient (Wildman–Crippen LogP) is 2.13. The van der Waals surface area contributed by atoms with Crippen molar-refractivity contribution >= 4 is 32.1 Å². The highest BCUT2D eigenvalue weighted by atomic mass is 32.2. The molecule has 1 heterocycles. The minimum Gasteiger partial charge on any atom is -0.336 e. The van der Waals surface area contributed by atoms with Crippen LogP contribution in [0.1, 0.15) is 15.9 Å². The van der Waals surface area contributed by atoms with Crippen molar-refractivity contribution in [2.24, 2.45) is 0 Å². The quantitative estimate of drug-likeness (QED) is 0.445. The summed E-state index contributed by atoms with van der Waals surface area (Å²) in [6.07, 6.45) is 1.50. The largest absolute Gasteiger partial charge is 0.439 e. The minimum atomic E-state index is -7.10. The molecule has 0 radical (unpaired) electrons. The molecule has 0 aliphatic carbocycles. The molecule has 8 nitrogen and oxygen atoms in total. The molecule has 1 aromatic rings. The molecule has 0 atom stereocenters. The number of carbonyl (C=O) groups is 1. The fourth-order valence-corrected chi connectivity index (χ4v) is 4.67. The summed E-state index contributed by atoms with van der Waals surface area (Å²) in [6.45, 7) is 0.525. The van der Waals surface area contributed by atoms with Crippen LogP contribution in [-0.4, -0.2) is 79.1 Å². The number of hydrogen-bond acceptors (Lipinski definition) is 5. The third kappa shape index (κ3) is 4.11. The molecule has 1 aliphatic heterocycles. The van der Waals surface area contributed by atoms with Gasteiger partial charge in [0, 0.05) is 31.7 Å². The lowest BCUT2D eigenvalue weighted by molar-refractivity contribution is -0.247. The maximum atomic E-state index is 14.1. The smallest absolute Gasteiger partial charge is 0.336 e. The summed E-state index contributed by atoms with van der Waals surface area (Å²) < 4.78 is 135. The van der Waals surface area contributed by atoms with E-state index in [1.165, 1.54) is 18.2 Å². The molecular formula is C16H16F6N2O6S2. The van der Waals surface area contributed by atoms with Crippen molar-refractivity contribution in [1.29, 1.82) is 0 Å². The van der Waals surface area contributed by atoms with E-state index in [1.807, 2.05) is 0 Å². The molecule has 1 amide bonds. The van der Waals surface area contributed by atoms with E-state index in [-0.39, 0.29) is 9.87 Å². The first-order chi connectivity index (χ1) is 14.4. The molecule has 0 bridgehead atoms. The molecule has 1 N–H and O–H groups in total. The molecule has 180 valence electrons. The van der Waals surface area contributed by atoms with E-state index in [2.05, 4.69) is 6.58 Å². The van der Waals surface area contributed by atoms with Crippen LogP contribution in [-0.2, 0) is 20.1 Å². The Morgan fingerprint density at radius 3 is 1.78 bits per heavy atom. The summed E-state index contributed by atoms with van der Waals surface area (Å²) >= 11 is 0. The van der Waals surface area contributed by atoms with Crippen LogP contribution in [0.15, 0.2) is 30.8 Å².